The van der Waals surface area contributed by atoms with Crippen LogP contribution in [0.1, 0.15) is 39.8 Å². The number of rotatable bonds is 22. The Hall–Kier alpha value is -2.97. The van der Waals surface area contributed by atoms with Crippen LogP contribution < -0.4 is 16.4 Å². The van der Waals surface area contributed by atoms with E-state index in [4.69, 9.17) is 24.6 Å². The van der Waals surface area contributed by atoms with E-state index in [2.05, 4.69) is 34.4 Å². The van der Waals surface area contributed by atoms with Crippen LogP contribution in [0.2, 0.25) is 0 Å². The number of aromatic nitrogens is 4. The lowest BCUT2D eigenvalue weighted by Gasteiger charge is -2.30. The van der Waals surface area contributed by atoms with Crippen molar-refractivity contribution < 1.29 is 90.4 Å². The van der Waals surface area contributed by atoms with Crippen molar-refractivity contribution in [2.45, 2.75) is 64.3 Å². The number of amides is 2. The molecule has 26 nitrogen and oxygen atoms in total. The minimum atomic E-state index is -5.59. The summed E-state index contributed by atoms with van der Waals surface area (Å²) in [4.78, 5) is 98.4. The highest BCUT2D eigenvalue weighted by atomic mass is 32.2. The molecule has 1 saturated heterocycles. The van der Waals surface area contributed by atoms with Gasteiger partial charge < -0.3 is 56.0 Å². The Labute approximate surface area is 321 Å². The summed E-state index contributed by atoms with van der Waals surface area (Å²) in [6.07, 6.45) is -7.01. The molecular formula is C26H42N7O19P3S. The van der Waals surface area contributed by atoms with E-state index in [1.807, 2.05) is 0 Å². The maximum Gasteiger partial charge on any atom is 0.481 e. The second-order valence-electron chi connectivity index (χ2n) is 12.5. The second kappa shape index (κ2) is 19.7. The van der Waals surface area contributed by atoms with E-state index in [0.29, 0.717) is 0 Å². The first-order valence-corrected chi connectivity index (χ1v) is 21.7. The number of aliphatic hydroxyl groups is 2. The standard InChI is InChI=1S/C26H42N7O19P3S/c1-4-13(24(38)39)25(40)56-8-7-28-15(34)5-6-29-22(37)19(36)26(2,3)10-49-55(46,47)52-54(44,45)48-9-14-18(51-53(41,42)43)17(35)23(50-14)33-12-32-16-20(27)30-11-31-21(16)33/h11-14,17-19,23,35-36H,4-10H2,1-3H3,(H,28,34)(H,29,37)(H,38,39)(H,44,45)(H,46,47)(H2,27,30,31)(H2,41,42,43)/t13-,14-,17-,18-,19?,23-/m1/s1. The Morgan fingerprint density at radius 3 is 2.34 bits per heavy atom. The Bertz CT molecular complexity index is 1880. The van der Waals surface area contributed by atoms with Crippen LogP contribution in [0, 0.1) is 11.3 Å². The Morgan fingerprint density at radius 1 is 1.05 bits per heavy atom. The quantitative estimate of drug-likeness (QED) is 0.0376. The summed E-state index contributed by atoms with van der Waals surface area (Å²) in [5, 5.41) is 34.6. The first-order chi connectivity index (χ1) is 25.9. The maximum atomic E-state index is 12.7. The van der Waals surface area contributed by atoms with Crippen molar-refractivity contribution in [2.75, 3.05) is 37.8 Å². The largest absolute Gasteiger partial charge is 0.481 e. The van der Waals surface area contributed by atoms with E-state index in [9.17, 15) is 62.7 Å². The fraction of sp³-hybridized carbons (Fsp3) is 0.654. The maximum absolute atomic E-state index is 12.7. The van der Waals surface area contributed by atoms with Crippen molar-refractivity contribution in [3.63, 3.8) is 0 Å². The van der Waals surface area contributed by atoms with Gasteiger partial charge in [0.1, 0.15) is 42.2 Å². The predicted molar refractivity (Wildman–Crippen MR) is 189 cm³/mol. The molecule has 30 heteroatoms. The summed E-state index contributed by atoms with van der Waals surface area (Å²) in [6, 6.07) is 0. The molecule has 3 heterocycles. The van der Waals surface area contributed by atoms with Crippen LogP contribution in [0.3, 0.4) is 0 Å². The molecule has 1 aliphatic rings. The van der Waals surface area contributed by atoms with Gasteiger partial charge in [-0.25, -0.2) is 28.6 Å². The zero-order valence-electron chi connectivity index (χ0n) is 29.7. The van der Waals surface area contributed by atoms with Gasteiger partial charge in [0.05, 0.1) is 19.5 Å². The number of imidazole rings is 1. The van der Waals surface area contributed by atoms with Crippen LogP contribution in [0.25, 0.3) is 11.2 Å². The zero-order chi connectivity index (χ0) is 42.2. The van der Waals surface area contributed by atoms with E-state index in [0.717, 1.165) is 29.0 Å². The number of carboxylic acid groups (broad SMARTS) is 1. The van der Waals surface area contributed by atoms with Crippen molar-refractivity contribution in [1.29, 1.82) is 0 Å². The number of carbonyl (C=O) groups is 4. The van der Waals surface area contributed by atoms with Crippen LogP contribution in [0.4, 0.5) is 5.82 Å². The summed E-state index contributed by atoms with van der Waals surface area (Å²) in [7, 11) is -16.5. The number of phosphoric ester groups is 3. The highest BCUT2D eigenvalue weighted by molar-refractivity contribution is 8.13. The van der Waals surface area contributed by atoms with Crippen molar-refractivity contribution >= 4 is 75.1 Å². The molecular weight excluding hydrogens is 839 g/mol. The molecule has 3 rings (SSSR count). The van der Waals surface area contributed by atoms with E-state index in [-0.39, 0.29) is 48.7 Å². The first-order valence-electron chi connectivity index (χ1n) is 16.2. The van der Waals surface area contributed by atoms with Gasteiger partial charge >= 0.3 is 29.4 Å². The number of fused-ring (bicyclic) bond motifs is 1. The molecule has 2 aromatic heterocycles. The summed E-state index contributed by atoms with van der Waals surface area (Å²) < 4.78 is 61.9. The molecule has 1 aliphatic heterocycles. The highest BCUT2D eigenvalue weighted by Crippen LogP contribution is 2.61. The number of carbonyl (C=O) groups excluding carboxylic acids is 3. The minimum absolute atomic E-state index is 0.0186. The highest BCUT2D eigenvalue weighted by Gasteiger charge is 2.50. The van der Waals surface area contributed by atoms with Gasteiger partial charge in [-0.05, 0) is 6.42 Å². The number of aliphatic hydroxyl groups excluding tert-OH is 2. The molecule has 3 unspecified atom stereocenters. The SMILES string of the molecule is CC[C@H](C(=O)O)C(=O)SCCNC(=O)CCNC(=O)C(O)C(C)(C)COP(=O)(O)OP(=O)(O)OC[C@H]1O[C@@H](n2cnc3c(N)ncnc32)[C@H](O)[C@@H]1OP(=O)(O)O. The zero-order valence-corrected chi connectivity index (χ0v) is 33.2. The Morgan fingerprint density at radius 2 is 1.71 bits per heavy atom. The second-order valence-corrected chi connectivity index (χ2v) is 17.9. The molecule has 0 aliphatic carbocycles. The van der Waals surface area contributed by atoms with E-state index in [1.54, 1.807) is 6.92 Å². The van der Waals surface area contributed by atoms with Crippen molar-refractivity contribution in [3.8, 4) is 0 Å². The van der Waals surface area contributed by atoms with Gasteiger partial charge in [-0.2, -0.15) is 4.31 Å². The first kappa shape index (κ1) is 47.4. The van der Waals surface area contributed by atoms with Crippen LogP contribution in [-0.2, 0) is 55.5 Å². The number of nitrogens with two attached hydrogens (primary N) is 1. The number of nitrogen functional groups attached to an aromatic ring is 1. The molecule has 0 saturated carbocycles. The van der Waals surface area contributed by atoms with Crippen LogP contribution in [0.15, 0.2) is 12.7 Å². The number of carboxylic acids is 1. The third-order valence-corrected chi connectivity index (χ3v) is 11.8. The molecule has 11 N–H and O–H groups in total. The fourth-order valence-corrected chi connectivity index (χ4v) is 8.53. The average Bonchev–Trinajstić information content (AvgIpc) is 3.64. The number of ether oxygens (including phenoxy) is 1. The van der Waals surface area contributed by atoms with Gasteiger partial charge in [-0.3, -0.25) is 37.3 Å². The smallest absolute Gasteiger partial charge is 0.481 e. The lowest BCUT2D eigenvalue weighted by Crippen LogP contribution is -2.46. The predicted octanol–water partition coefficient (Wildman–Crippen LogP) is -1.22. The van der Waals surface area contributed by atoms with Crippen molar-refractivity contribution in [2.24, 2.45) is 11.3 Å². The van der Waals surface area contributed by atoms with Crippen LogP contribution in [0.5, 0.6) is 0 Å². The number of phosphoric acid groups is 3. The molecule has 8 atom stereocenters. The summed E-state index contributed by atoms with van der Waals surface area (Å²) >= 11 is 0.750. The topological polar surface area (TPSA) is 401 Å². The van der Waals surface area contributed by atoms with E-state index in [1.165, 1.54) is 13.8 Å². The van der Waals surface area contributed by atoms with Gasteiger partial charge in [-0.1, -0.05) is 32.5 Å². The van der Waals surface area contributed by atoms with Crippen molar-refractivity contribution in [3.05, 3.63) is 12.7 Å². The molecule has 1 fully saturated rings. The van der Waals surface area contributed by atoms with Gasteiger partial charge in [-0.15, -0.1) is 0 Å². The molecule has 0 bridgehead atoms. The number of aliphatic carboxylic acids is 1. The fourth-order valence-electron chi connectivity index (χ4n) is 4.82. The summed E-state index contributed by atoms with van der Waals surface area (Å²) in [6.45, 7) is 1.68. The summed E-state index contributed by atoms with van der Waals surface area (Å²) in [5.74, 6) is -3.92. The summed E-state index contributed by atoms with van der Waals surface area (Å²) in [5.41, 5.74) is 4.19. The number of hydrogen-bond acceptors (Lipinski definition) is 19. The van der Waals surface area contributed by atoms with Crippen molar-refractivity contribution in [1.82, 2.24) is 30.2 Å². The van der Waals surface area contributed by atoms with Gasteiger partial charge in [0, 0.05) is 30.7 Å². The minimum Gasteiger partial charge on any atom is -0.481 e. The normalized spacial score (nSPS) is 22.2. The molecule has 2 aromatic rings. The van der Waals surface area contributed by atoms with Gasteiger partial charge in [0.25, 0.3) is 0 Å². The Kier molecular flexibility index (Phi) is 16.6. The molecule has 0 aromatic carbocycles. The third-order valence-electron chi connectivity index (χ3n) is 7.74. The number of anilines is 1. The van der Waals surface area contributed by atoms with Gasteiger partial charge in [0.2, 0.25) is 16.9 Å². The lowest BCUT2D eigenvalue weighted by atomic mass is 9.87. The van der Waals surface area contributed by atoms with Crippen LogP contribution in [-0.4, -0.2) is 134 Å². The number of thioether (sulfide) groups is 1. The molecule has 316 valence electrons. The average molecular weight is 882 g/mol. The van der Waals surface area contributed by atoms with E-state index >= 15 is 0 Å². The third kappa shape index (κ3) is 13.6. The van der Waals surface area contributed by atoms with E-state index < -0.39 is 102 Å². The Balaban J connectivity index is 1.49. The van der Waals surface area contributed by atoms with Gasteiger partial charge in [0.15, 0.2) is 17.7 Å². The monoisotopic (exact) mass is 881 g/mol. The number of nitrogens with one attached hydrogen (secondary N) is 2. The molecule has 0 spiro atoms. The molecule has 2 amide bonds. The number of hydrogen-bond donors (Lipinski definition) is 10. The molecule has 0 radical (unpaired) electrons. The molecule has 56 heavy (non-hydrogen) atoms. The number of nitrogens with zero attached hydrogens (tertiary/aromatic N) is 4. The lowest BCUT2D eigenvalue weighted by molar-refractivity contribution is -0.144. The van der Waals surface area contributed by atoms with Crippen LogP contribution >= 0.6 is 35.2 Å².